The standard InChI is InChI=1S/C19H29N3O3/c1-5-8-16(14(4)25-20-13-23)22-17-10-9-15(7-3)12-18(17)21(11-6-2)19(22)24/h9-10,12-14,16H,5-8,11H2,1-4H3,(H,20,23). The lowest BCUT2D eigenvalue weighted by Crippen LogP contribution is -2.36. The van der Waals surface area contributed by atoms with Gasteiger partial charge < -0.3 is 0 Å². The Morgan fingerprint density at radius 2 is 1.96 bits per heavy atom. The van der Waals surface area contributed by atoms with E-state index in [0.717, 1.165) is 36.7 Å². The average molecular weight is 347 g/mol. The molecule has 2 atom stereocenters. The third-order valence-electron chi connectivity index (χ3n) is 4.64. The smallest absolute Gasteiger partial charge is 0.292 e. The van der Waals surface area contributed by atoms with Gasteiger partial charge in [-0.15, -0.1) is 0 Å². The lowest BCUT2D eigenvalue weighted by molar-refractivity contribution is -0.127. The molecule has 0 saturated carbocycles. The van der Waals surface area contributed by atoms with Crippen LogP contribution >= 0.6 is 0 Å². The summed E-state index contributed by atoms with van der Waals surface area (Å²) in [7, 11) is 0. The van der Waals surface area contributed by atoms with Gasteiger partial charge in [-0.25, -0.2) is 10.3 Å². The largest absolute Gasteiger partial charge is 0.329 e. The first kappa shape index (κ1) is 19.2. The van der Waals surface area contributed by atoms with Gasteiger partial charge in [-0.3, -0.25) is 18.8 Å². The van der Waals surface area contributed by atoms with Gasteiger partial charge in [0.1, 0.15) is 6.10 Å². The maximum Gasteiger partial charge on any atom is 0.329 e. The Hall–Kier alpha value is -2.08. The zero-order valence-electron chi connectivity index (χ0n) is 15.6. The fourth-order valence-electron chi connectivity index (χ4n) is 3.39. The quantitative estimate of drug-likeness (QED) is 0.530. The van der Waals surface area contributed by atoms with Crippen molar-refractivity contribution < 1.29 is 9.63 Å². The minimum atomic E-state index is -0.311. The van der Waals surface area contributed by atoms with Crippen molar-refractivity contribution in [1.82, 2.24) is 14.6 Å². The predicted octanol–water partition coefficient (Wildman–Crippen LogP) is 3.18. The van der Waals surface area contributed by atoms with Crippen molar-refractivity contribution in [3.63, 3.8) is 0 Å². The molecule has 0 saturated heterocycles. The topological polar surface area (TPSA) is 65.3 Å². The van der Waals surface area contributed by atoms with Crippen LogP contribution in [0, 0.1) is 0 Å². The number of nitrogens with one attached hydrogen (secondary N) is 1. The summed E-state index contributed by atoms with van der Waals surface area (Å²) < 4.78 is 3.70. The molecule has 6 nitrogen and oxygen atoms in total. The van der Waals surface area contributed by atoms with Crippen molar-refractivity contribution in [2.24, 2.45) is 0 Å². The number of fused-ring (bicyclic) bond motifs is 1. The Kier molecular flexibility index (Phi) is 6.82. The zero-order valence-corrected chi connectivity index (χ0v) is 15.6. The van der Waals surface area contributed by atoms with Crippen LogP contribution in [0.4, 0.5) is 0 Å². The molecule has 2 aromatic rings. The minimum absolute atomic E-state index is 0.00916. The fourth-order valence-corrected chi connectivity index (χ4v) is 3.39. The summed E-state index contributed by atoms with van der Waals surface area (Å²) in [5.74, 6) is 0. The molecule has 6 heteroatoms. The summed E-state index contributed by atoms with van der Waals surface area (Å²) in [6, 6.07) is 6.08. The number of hydroxylamine groups is 1. The first-order valence-corrected chi connectivity index (χ1v) is 9.17. The molecule has 0 aliphatic heterocycles. The summed E-state index contributed by atoms with van der Waals surface area (Å²) in [5.41, 5.74) is 5.38. The number of carbonyl (C=O) groups excluding carboxylic acids is 1. The van der Waals surface area contributed by atoms with E-state index in [-0.39, 0.29) is 17.8 Å². The zero-order chi connectivity index (χ0) is 18.4. The Morgan fingerprint density at radius 3 is 2.56 bits per heavy atom. The van der Waals surface area contributed by atoms with Crippen LogP contribution in [0.15, 0.2) is 23.0 Å². The van der Waals surface area contributed by atoms with Gasteiger partial charge in [-0.05, 0) is 43.9 Å². The number of aromatic nitrogens is 2. The maximum atomic E-state index is 13.2. The highest BCUT2D eigenvalue weighted by Crippen LogP contribution is 2.25. The Balaban J connectivity index is 2.62. The van der Waals surface area contributed by atoms with Crippen molar-refractivity contribution in [2.75, 3.05) is 0 Å². The minimum Gasteiger partial charge on any atom is -0.292 e. The van der Waals surface area contributed by atoms with E-state index in [1.807, 2.05) is 22.1 Å². The molecular weight excluding hydrogens is 318 g/mol. The van der Waals surface area contributed by atoms with Crippen molar-refractivity contribution in [3.8, 4) is 0 Å². The monoisotopic (exact) mass is 347 g/mol. The summed E-state index contributed by atoms with van der Waals surface area (Å²) in [4.78, 5) is 29.1. The first-order chi connectivity index (χ1) is 12.1. The second kappa shape index (κ2) is 8.85. The molecule has 0 aliphatic carbocycles. The van der Waals surface area contributed by atoms with E-state index in [4.69, 9.17) is 4.84 Å². The number of hydrogen-bond donors (Lipinski definition) is 1. The highest BCUT2D eigenvalue weighted by atomic mass is 16.7. The summed E-state index contributed by atoms with van der Waals surface area (Å²) in [6.07, 6.45) is 3.74. The number of nitrogens with zero attached hydrogens (tertiary/aromatic N) is 2. The summed E-state index contributed by atoms with van der Waals surface area (Å²) >= 11 is 0. The van der Waals surface area contributed by atoms with Crippen molar-refractivity contribution in [2.45, 2.75) is 72.1 Å². The molecule has 2 rings (SSSR count). The van der Waals surface area contributed by atoms with Crippen LogP contribution < -0.4 is 11.2 Å². The number of aryl methyl sites for hydroxylation is 2. The molecule has 0 fully saturated rings. The SMILES string of the molecule is CCCC(C(C)ONC=O)n1c(=O)n(CCC)c2cc(CC)ccc21. The lowest BCUT2D eigenvalue weighted by atomic mass is 10.1. The van der Waals surface area contributed by atoms with Gasteiger partial charge in [0, 0.05) is 6.54 Å². The van der Waals surface area contributed by atoms with Gasteiger partial charge in [0.15, 0.2) is 0 Å². The van der Waals surface area contributed by atoms with E-state index in [0.29, 0.717) is 13.0 Å². The van der Waals surface area contributed by atoms with E-state index >= 15 is 0 Å². The van der Waals surface area contributed by atoms with Crippen molar-refractivity contribution in [1.29, 1.82) is 0 Å². The summed E-state index contributed by atoms with van der Waals surface area (Å²) in [5, 5.41) is 0. The van der Waals surface area contributed by atoms with Gasteiger partial charge in [-0.2, -0.15) is 0 Å². The molecule has 25 heavy (non-hydrogen) atoms. The van der Waals surface area contributed by atoms with Gasteiger partial charge in [0.05, 0.1) is 17.1 Å². The molecular formula is C19H29N3O3. The van der Waals surface area contributed by atoms with E-state index in [1.165, 1.54) is 5.56 Å². The third kappa shape index (κ3) is 3.95. The van der Waals surface area contributed by atoms with Crippen molar-refractivity contribution in [3.05, 3.63) is 34.2 Å². The highest BCUT2D eigenvalue weighted by Gasteiger charge is 2.25. The van der Waals surface area contributed by atoms with E-state index < -0.39 is 0 Å². The van der Waals surface area contributed by atoms with E-state index in [1.54, 1.807) is 0 Å². The molecule has 0 aliphatic rings. The van der Waals surface area contributed by atoms with Crippen LogP contribution in [0.3, 0.4) is 0 Å². The van der Waals surface area contributed by atoms with Crippen LogP contribution in [-0.2, 0) is 22.6 Å². The third-order valence-corrected chi connectivity index (χ3v) is 4.64. The molecule has 1 heterocycles. The van der Waals surface area contributed by atoms with Gasteiger partial charge in [0.25, 0.3) is 0 Å². The molecule has 0 radical (unpaired) electrons. The van der Waals surface area contributed by atoms with Gasteiger partial charge in [-0.1, -0.05) is 33.3 Å². The average Bonchev–Trinajstić information content (AvgIpc) is 2.89. The molecule has 138 valence electrons. The number of amides is 1. The van der Waals surface area contributed by atoms with Crippen LogP contribution in [0.25, 0.3) is 11.0 Å². The molecule has 1 aromatic carbocycles. The Labute approximate surface area is 148 Å². The number of hydrogen-bond acceptors (Lipinski definition) is 3. The van der Waals surface area contributed by atoms with Gasteiger partial charge >= 0.3 is 5.69 Å². The van der Waals surface area contributed by atoms with Crippen molar-refractivity contribution >= 4 is 17.4 Å². The number of benzene rings is 1. The Bertz CT molecular complexity index is 763. The van der Waals surface area contributed by atoms with Crippen LogP contribution in [-0.4, -0.2) is 21.6 Å². The highest BCUT2D eigenvalue weighted by molar-refractivity contribution is 5.77. The number of carbonyl (C=O) groups is 1. The van der Waals surface area contributed by atoms with E-state index in [9.17, 15) is 9.59 Å². The molecule has 0 spiro atoms. The molecule has 1 amide bonds. The second-order valence-electron chi connectivity index (χ2n) is 6.40. The lowest BCUT2D eigenvalue weighted by Gasteiger charge is -2.24. The van der Waals surface area contributed by atoms with Crippen LogP contribution in [0.5, 0.6) is 0 Å². The molecule has 1 N–H and O–H groups in total. The summed E-state index contributed by atoms with van der Waals surface area (Å²) in [6.45, 7) is 8.84. The Morgan fingerprint density at radius 1 is 1.20 bits per heavy atom. The van der Waals surface area contributed by atoms with Crippen LogP contribution in [0.2, 0.25) is 0 Å². The van der Waals surface area contributed by atoms with Gasteiger partial charge in [0.2, 0.25) is 6.41 Å². The maximum absolute atomic E-state index is 13.2. The fraction of sp³-hybridized carbons (Fsp3) is 0.579. The first-order valence-electron chi connectivity index (χ1n) is 9.17. The molecule has 1 aromatic heterocycles. The second-order valence-corrected chi connectivity index (χ2v) is 6.40. The predicted molar refractivity (Wildman–Crippen MR) is 99.6 cm³/mol. The van der Waals surface area contributed by atoms with E-state index in [2.05, 4.69) is 38.4 Å². The van der Waals surface area contributed by atoms with Crippen LogP contribution in [0.1, 0.15) is 58.6 Å². The number of rotatable bonds is 10. The molecule has 0 bridgehead atoms. The number of imidazole rings is 1. The molecule has 2 unspecified atom stereocenters. The normalized spacial score (nSPS) is 13.8.